The van der Waals surface area contributed by atoms with E-state index in [0.717, 1.165) is 37.7 Å². The SMILES string of the molecule is CCOc1cc2c(cc1O)C=CC[C@@H]1[C@@H]2CC[C@]2(C)[C@@H](O)CC[C@@H]12. The van der Waals surface area contributed by atoms with Crippen LogP contribution in [0.3, 0.4) is 0 Å². The second-order valence-electron chi connectivity index (χ2n) is 8.03. The lowest BCUT2D eigenvalue weighted by Crippen LogP contribution is -2.42. The molecule has 3 aliphatic rings. The van der Waals surface area contributed by atoms with Crippen molar-refractivity contribution in [2.24, 2.45) is 17.3 Å². The molecule has 0 saturated heterocycles. The number of allylic oxidation sites excluding steroid dienone is 1. The van der Waals surface area contributed by atoms with Crippen LogP contribution in [0.2, 0.25) is 0 Å². The predicted octanol–water partition coefficient (Wildman–Crippen LogP) is 4.48. The molecule has 5 atom stereocenters. The number of aliphatic hydroxyl groups is 1. The van der Waals surface area contributed by atoms with Gasteiger partial charge < -0.3 is 14.9 Å². The second kappa shape index (κ2) is 5.80. The second-order valence-corrected chi connectivity index (χ2v) is 8.03. The zero-order valence-electron chi connectivity index (χ0n) is 14.7. The molecule has 2 fully saturated rings. The molecule has 2 N–H and O–H groups in total. The molecular weight excluding hydrogens is 300 g/mol. The van der Waals surface area contributed by atoms with Gasteiger partial charge in [-0.15, -0.1) is 0 Å². The maximum Gasteiger partial charge on any atom is 0.161 e. The molecule has 3 nitrogen and oxygen atoms in total. The lowest BCUT2D eigenvalue weighted by atomic mass is 9.58. The van der Waals surface area contributed by atoms with E-state index in [0.29, 0.717) is 30.1 Å². The molecule has 2 saturated carbocycles. The highest BCUT2D eigenvalue weighted by atomic mass is 16.5. The van der Waals surface area contributed by atoms with Gasteiger partial charge >= 0.3 is 0 Å². The van der Waals surface area contributed by atoms with Crippen LogP contribution in [0, 0.1) is 17.3 Å². The highest BCUT2D eigenvalue weighted by Crippen LogP contribution is 2.60. The molecule has 0 aliphatic heterocycles. The molecule has 0 aromatic heterocycles. The first kappa shape index (κ1) is 16.0. The Labute approximate surface area is 144 Å². The molecule has 0 radical (unpaired) electrons. The van der Waals surface area contributed by atoms with E-state index in [4.69, 9.17) is 4.74 Å². The van der Waals surface area contributed by atoms with E-state index in [1.807, 2.05) is 13.0 Å². The van der Waals surface area contributed by atoms with Crippen LogP contribution in [0.25, 0.3) is 6.08 Å². The Balaban J connectivity index is 1.75. The van der Waals surface area contributed by atoms with Gasteiger partial charge in [-0.05, 0) is 85.5 Å². The van der Waals surface area contributed by atoms with Gasteiger partial charge in [0.1, 0.15) is 0 Å². The third-order valence-corrected chi connectivity index (χ3v) is 6.96. The van der Waals surface area contributed by atoms with Gasteiger partial charge in [0.2, 0.25) is 0 Å². The van der Waals surface area contributed by atoms with Crippen LogP contribution in [0.4, 0.5) is 0 Å². The zero-order chi connectivity index (χ0) is 16.9. The van der Waals surface area contributed by atoms with Crippen LogP contribution in [-0.2, 0) is 0 Å². The van der Waals surface area contributed by atoms with Crippen LogP contribution in [0.15, 0.2) is 18.2 Å². The number of ether oxygens (including phenoxy) is 1. The normalized spacial score (nSPS) is 37.3. The Hall–Kier alpha value is -1.48. The van der Waals surface area contributed by atoms with Crippen molar-refractivity contribution >= 4 is 6.08 Å². The van der Waals surface area contributed by atoms with Crippen molar-refractivity contribution in [1.29, 1.82) is 0 Å². The van der Waals surface area contributed by atoms with E-state index < -0.39 is 0 Å². The fourth-order valence-corrected chi connectivity index (χ4v) is 5.66. The fraction of sp³-hybridized carbons (Fsp3) is 0.619. The summed E-state index contributed by atoms with van der Waals surface area (Å²) in [5.41, 5.74) is 2.53. The molecule has 3 heteroatoms. The lowest BCUT2D eigenvalue weighted by Gasteiger charge is -2.47. The maximum atomic E-state index is 10.5. The van der Waals surface area contributed by atoms with Gasteiger partial charge in [-0.1, -0.05) is 19.1 Å². The molecule has 0 heterocycles. The number of benzene rings is 1. The molecule has 0 bridgehead atoms. The molecule has 0 spiro atoms. The maximum absolute atomic E-state index is 10.5. The molecule has 1 aromatic carbocycles. The zero-order valence-corrected chi connectivity index (χ0v) is 14.7. The molecule has 0 unspecified atom stereocenters. The van der Waals surface area contributed by atoms with Gasteiger partial charge in [0, 0.05) is 0 Å². The van der Waals surface area contributed by atoms with E-state index in [1.165, 1.54) is 5.56 Å². The Morgan fingerprint density at radius 3 is 2.88 bits per heavy atom. The number of aliphatic hydroxyl groups excluding tert-OH is 1. The molecule has 0 amide bonds. The van der Waals surface area contributed by atoms with Crippen molar-refractivity contribution in [3.8, 4) is 11.5 Å². The van der Waals surface area contributed by atoms with Gasteiger partial charge in [0.15, 0.2) is 11.5 Å². The van der Waals surface area contributed by atoms with Crippen molar-refractivity contribution in [2.75, 3.05) is 6.61 Å². The quantitative estimate of drug-likeness (QED) is 0.841. The number of fused-ring (bicyclic) bond motifs is 5. The van der Waals surface area contributed by atoms with Gasteiger partial charge in [0.25, 0.3) is 0 Å². The summed E-state index contributed by atoms with van der Waals surface area (Å²) in [6.45, 7) is 4.80. The number of aromatic hydroxyl groups is 1. The Bertz CT molecular complexity index is 665. The topological polar surface area (TPSA) is 49.7 Å². The standard InChI is InChI=1S/C21H28O3/c1-3-24-19-12-16-13(11-18(19)22)5-4-6-15-14(16)9-10-21(2)17(15)7-8-20(21)23/h4-5,11-12,14-15,17,20,22-23H,3,6-10H2,1-2H3/t14-,15+,17-,20-,21-/m0/s1. The van der Waals surface area contributed by atoms with Gasteiger partial charge in [-0.3, -0.25) is 0 Å². The number of phenols is 1. The summed E-state index contributed by atoms with van der Waals surface area (Å²) < 4.78 is 5.63. The van der Waals surface area contributed by atoms with Crippen LogP contribution in [0.1, 0.15) is 63.0 Å². The summed E-state index contributed by atoms with van der Waals surface area (Å²) in [6, 6.07) is 3.92. The monoisotopic (exact) mass is 328 g/mol. The third-order valence-electron chi connectivity index (χ3n) is 6.96. The minimum absolute atomic E-state index is 0.0825. The molecular formula is C21H28O3. The highest BCUT2D eigenvalue weighted by molar-refractivity contribution is 5.62. The smallest absolute Gasteiger partial charge is 0.161 e. The predicted molar refractivity (Wildman–Crippen MR) is 95.2 cm³/mol. The van der Waals surface area contributed by atoms with Crippen molar-refractivity contribution in [1.82, 2.24) is 0 Å². The van der Waals surface area contributed by atoms with Crippen molar-refractivity contribution < 1.29 is 14.9 Å². The molecule has 3 aliphatic carbocycles. The van der Waals surface area contributed by atoms with E-state index in [-0.39, 0.29) is 17.3 Å². The number of hydrogen-bond donors (Lipinski definition) is 2. The van der Waals surface area contributed by atoms with Gasteiger partial charge in [0.05, 0.1) is 12.7 Å². The highest BCUT2D eigenvalue weighted by Gasteiger charge is 2.53. The van der Waals surface area contributed by atoms with E-state index in [1.54, 1.807) is 0 Å². The first-order chi connectivity index (χ1) is 11.5. The average molecular weight is 328 g/mol. The largest absolute Gasteiger partial charge is 0.504 e. The van der Waals surface area contributed by atoms with Crippen LogP contribution in [-0.4, -0.2) is 22.9 Å². The summed E-state index contributed by atoms with van der Waals surface area (Å²) in [4.78, 5) is 0. The van der Waals surface area contributed by atoms with Crippen LogP contribution in [0.5, 0.6) is 11.5 Å². The number of phenolic OH excluding ortho intramolecular Hbond substituents is 1. The fourth-order valence-electron chi connectivity index (χ4n) is 5.66. The summed E-state index contributed by atoms with van der Waals surface area (Å²) in [7, 11) is 0. The number of rotatable bonds is 2. The summed E-state index contributed by atoms with van der Waals surface area (Å²) in [6.07, 6.45) is 9.63. The average Bonchev–Trinajstić information content (AvgIpc) is 2.75. The molecule has 4 rings (SSSR count). The lowest BCUT2D eigenvalue weighted by molar-refractivity contribution is -0.0176. The van der Waals surface area contributed by atoms with Gasteiger partial charge in [-0.2, -0.15) is 0 Å². The van der Waals surface area contributed by atoms with Crippen molar-refractivity contribution in [2.45, 2.75) is 58.0 Å². The summed E-state index contributed by atoms with van der Waals surface area (Å²) in [5, 5.41) is 20.7. The molecule has 24 heavy (non-hydrogen) atoms. The van der Waals surface area contributed by atoms with Crippen molar-refractivity contribution in [3.63, 3.8) is 0 Å². The first-order valence-electron chi connectivity index (χ1n) is 9.39. The van der Waals surface area contributed by atoms with Gasteiger partial charge in [-0.25, -0.2) is 0 Å². The first-order valence-corrected chi connectivity index (χ1v) is 9.39. The third kappa shape index (κ3) is 2.28. The van der Waals surface area contributed by atoms with Crippen molar-refractivity contribution in [3.05, 3.63) is 29.3 Å². The minimum Gasteiger partial charge on any atom is -0.504 e. The van der Waals surface area contributed by atoms with Crippen LogP contribution >= 0.6 is 0 Å². The number of hydrogen-bond acceptors (Lipinski definition) is 3. The van der Waals surface area contributed by atoms with E-state index in [9.17, 15) is 10.2 Å². The Kier molecular flexibility index (Phi) is 3.87. The summed E-state index contributed by atoms with van der Waals surface area (Å²) >= 11 is 0. The Morgan fingerprint density at radius 2 is 2.08 bits per heavy atom. The minimum atomic E-state index is -0.144. The van der Waals surface area contributed by atoms with E-state index in [2.05, 4.69) is 25.1 Å². The molecule has 130 valence electrons. The molecule has 1 aromatic rings. The Morgan fingerprint density at radius 1 is 1.25 bits per heavy atom. The van der Waals surface area contributed by atoms with E-state index >= 15 is 0 Å². The van der Waals surface area contributed by atoms with Crippen LogP contribution < -0.4 is 4.74 Å². The summed E-state index contributed by atoms with van der Waals surface area (Å²) in [5.74, 6) is 2.50.